The Morgan fingerprint density at radius 2 is 2.22 bits per heavy atom. The Bertz CT molecular complexity index is 647. The van der Waals surface area contributed by atoms with Crippen LogP contribution >= 0.6 is 22.9 Å². The van der Waals surface area contributed by atoms with Crippen molar-refractivity contribution in [2.75, 3.05) is 4.72 Å². The first kappa shape index (κ1) is 12.9. The summed E-state index contributed by atoms with van der Waals surface area (Å²) in [6.45, 7) is 0. The summed E-state index contributed by atoms with van der Waals surface area (Å²) in [7, 11) is -3.69. The van der Waals surface area contributed by atoms with Gasteiger partial charge in [-0.2, -0.15) is 0 Å². The van der Waals surface area contributed by atoms with Crippen molar-refractivity contribution in [2.45, 2.75) is 10.6 Å². The lowest BCUT2D eigenvalue weighted by molar-refractivity contribution is -0.136. The molecule has 0 spiro atoms. The highest BCUT2D eigenvalue weighted by molar-refractivity contribution is 7.94. The van der Waals surface area contributed by atoms with Gasteiger partial charge < -0.3 is 5.11 Å². The van der Waals surface area contributed by atoms with Gasteiger partial charge in [0, 0.05) is 16.4 Å². The summed E-state index contributed by atoms with van der Waals surface area (Å²) in [4.78, 5) is 11.0. The molecule has 0 saturated carbocycles. The molecule has 0 aromatic carbocycles. The fraction of sp³-hybridized carbons (Fsp3) is 0.125. The van der Waals surface area contributed by atoms with Gasteiger partial charge in [0.1, 0.15) is 9.21 Å². The maximum absolute atomic E-state index is 11.9. The Labute approximate surface area is 110 Å². The number of rotatable bonds is 5. The Morgan fingerprint density at radius 1 is 1.44 bits per heavy atom. The lowest BCUT2D eigenvalue weighted by Gasteiger charge is -2.01. The van der Waals surface area contributed by atoms with Crippen LogP contribution in [-0.4, -0.2) is 29.1 Å². The van der Waals surface area contributed by atoms with Gasteiger partial charge in [-0.1, -0.05) is 4.49 Å². The predicted octanol–water partition coefficient (Wildman–Crippen LogP) is 1.03. The van der Waals surface area contributed by atoms with Crippen molar-refractivity contribution in [3.05, 3.63) is 23.2 Å². The van der Waals surface area contributed by atoms with E-state index in [0.29, 0.717) is 9.88 Å². The molecule has 10 heteroatoms. The van der Waals surface area contributed by atoms with E-state index in [1.165, 1.54) is 18.3 Å². The van der Waals surface area contributed by atoms with Gasteiger partial charge in [0.25, 0.3) is 10.0 Å². The summed E-state index contributed by atoms with van der Waals surface area (Å²) in [6, 6.07) is 2.86. The summed E-state index contributed by atoms with van der Waals surface area (Å²) < 4.78 is 29.7. The van der Waals surface area contributed by atoms with Crippen LogP contribution in [0, 0.1) is 0 Å². The maximum Gasteiger partial charge on any atom is 0.308 e. The van der Waals surface area contributed by atoms with Gasteiger partial charge in [0.15, 0.2) is 0 Å². The molecule has 2 aromatic heterocycles. The van der Waals surface area contributed by atoms with Gasteiger partial charge >= 0.3 is 5.97 Å². The molecule has 7 nitrogen and oxygen atoms in total. The van der Waals surface area contributed by atoms with Crippen LogP contribution in [0.5, 0.6) is 0 Å². The van der Waals surface area contributed by atoms with E-state index in [0.717, 1.165) is 22.9 Å². The molecule has 96 valence electrons. The van der Waals surface area contributed by atoms with E-state index in [4.69, 9.17) is 5.11 Å². The Balaban J connectivity index is 2.19. The minimum atomic E-state index is -3.69. The van der Waals surface area contributed by atoms with Crippen LogP contribution in [0.1, 0.15) is 4.88 Å². The number of thiophene rings is 1. The van der Waals surface area contributed by atoms with Crippen molar-refractivity contribution in [3.63, 3.8) is 0 Å². The van der Waals surface area contributed by atoms with Gasteiger partial charge in [-0.25, -0.2) is 8.42 Å². The van der Waals surface area contributed by atoms with Crippen LogP contribution in [0.15, 0.2) is 22.5 Å². The summed E-state index contributed by atoms with van der Waals surface area (Å²) in [6.07, 6.45) is 1.11. The van der Waals surface area contributed by atoms with Gasteiger partial charge in [0.2, 0.25) is 0 Å². The van der Waals surface area contributed by atoms with Crippen LogP contribution in [0.4, 0.5) is 5.00 Å². The van der Waals surface area contributed by atoms with Gasteiger partial charge in [-0.15, -0.1) is 16.4 Å². The van der Waals surface area contributed by atoms with Crippen LogP contribution in [0.2, 0.25) is 0 Å². The smallest absolute Gasteiger partial charge is 0.308 e. The van der Waals surface area contributed by atoms with E-state index in [1.807, 2.05) is 0 Å². The molecular formula is C8H7N3O4S3. The molecule has 2 heterocycles. The second-order valence-electron chi connectivity index (χ2n) is 3.18. The van der Waals surface area contributed by atoms with Crippen molar-refractivity contribution >= 4 is 43.9 Å². The molecule has 0 bridgehead atoms. The highest BCUT2D eigenvalue weighted by Crippen LogP contribution is 2.25. The number of nitrogens with zero attached hydrogens (tertiary/aromatic N) is 2. The molecule has 0 saturated heterocycles. The molecule has 0 radical (unpaired) electrons. The second-order valence-corrected chi connectivity index (χ2v) is 7.04. The third kappa shape index (κ3) is 3.03. The molecule has 0 aliphatic heterocycles. The fourth-order valence-electron chi connectivity index (χ4n) is 1.14. The normalized spacial score (nSPS) is 11.3. The molecule has 0 atom stereocenters. The summed E-state index contributed by atoms with van der Waals surface area (Å²) in [5.41, 5.74) is 0. The SMILES string of the molecule is O=C(O)Cc1ccc(S(=O)(=O)Nc2cnns2)s1. The molecule has 0 unspecified atom stereocenters. The number of carboxylic acid groups (broad SMARTS) is 1. The number of aliphatic carboxylic acids is 1. The van der Waals surface area contributed by atoms with Crippen molar-refractivity contribution in [3.8, 4) is 0 Å². The molecule has 0 aliphatic rings. The first-order chi connectivity index (χ1) is 8.47. The fourth-order valence-corrected chi connectivity index (χ4v) is 4.17. The number of aromatic nitrogens is 2. The Morgan fingerprint density at radius 3 is 2.83 bits per heavy atom. The highest BCUT2D eigenvalue weighted by atomic mass is 32.2. The first-order valence-electron chi connectivity index (χ1n) is 4.58. The minimum absolute atomic E-state index is 0.0622. The molecule has 0 fully saturated rings. The van der Waals surface area contributed by atoms with Crippen LogP contribution < -0.4 is 4.72 Å². The third-order valence-electron chi connectivity index (χ3n) is 1.82. The molecule has 18 heavy (non-hydrogen) atoms. The zero-order valence-electron chi connectivity index (χ0n) is 8.73. The number of sulfonamides is 1. The number of nitrogens with one attached hydrogen (secondary N) is 1. The van der Waals surface area contributed by atoms with E-state index >= 15 is 0 Å². The van der Waals surface area contributed by atoms with Gasteiger partial charge in [-0.3, -0.25) is 9.52 Å². The zero-order valence-corrected chi connectivity index (χ0v) is 11.2. The van der Waals surface area contributed by atoms with Crippen LogP contribution in [0.25, 0.3) is 0 Å². The maximum atomic E-state index is 11.9. The number of carboxylic acids is 1. The van der Waals surface area contributed by atoms with E-state index < -0.39 is 16.0 Å². The highest BCUT2D eigenvalue weighted by Gasteiger charge is 2.18. The van der Waals surface area contributed by atoms with E-state index in [9.17, 15) is 13.2 Å². The van der Waals surface area contributed by atoms with Gasteiger partial charge in [-0.05, 0) is 12.1 Å². The second kappa shape index (κ2) is 5.00. The Hall–Kier alpha value is -1.52. The average molecular weight is 305 g/mol. The summed E-state index contributed by atoms with van der Waals surface area (Å²) in [5, 5.41) is 12.4. The number of hydrogen-bond acceptors (Lipinski definition) is 7. The molecule has 2 N–H and O–H groups in total. The lowest BCUT2D eigenvalue weighted by Crippen LogP contribution is -2.10. The first-order valence-corrected chi connectivity index (χ1v) is 7.65. The zero-order chi connectivity index (χ0) is 13.2. The molecule has 2 aromatic rings. The van der Waals surface area contributed by atoms with Crippen molar-refractivity contribution < 1.29 is 18.3 Å². The van der Waals surface area contributed by atoms with Gasteiger partial charge in [0.05, 0.1) is 12.6 Å². The van der Waals surface area contributed by atoms with Crippen molar-refractivity contribution in [2.24, 2.45) is 0 Å². The summed E-state index contributed by atoms with van der Waals surface area (Å²) >= 11 is 1.84. The molecule has 0 amide bonds. The van der Waals surface area contributed by atoms with E-state index in [2.05, 4.69) is 14.3 Å². The lowest BCUT2D eigenvalue weighted by atomic mass is 10.3. The number of anilines is 1. The van der Waals surface area contributed by atoms with E-state index in [1.54, 1.807) is 0 Å². The monoisotopic (exact) mass is 305 g/mol. The largest absolute Gasteiger partial charge is 0.481 e. The molecule has 2 rings (SSSR count). The average Bonchev–Trinajstić information content (AvgIpc) is 2.87. The standard InChI is InChI=1S/C8H7N3O4S3/c12-7(13)3-5-1-2-8(16-5)18(14,15)10-6-4-9-11-17-6/h1-2,4,10H,3H2,(H,12,13). The Kier molecular flexibility index (Phi) is 3.59. The van der Waals surface area contributed by atoms with Crippen LogP contribution in [0.3, 0.4) is 0 Å². The number of hydrogen-bond donors (Lipinski definition) is 2. The third-order valence-corrected chi connectivity index (χ3v) is 5.48. The minimum Gasteiger partial charge on any atom is -0.481 e. The van der Waals surface area contributed by atoms with Crippen molar-refractivity contribution in [1.82, 2.24) is 9.59 Å². The quantitative estimate of drug-likeness (QED) is 0.853. The predicted molar refractivity (Wildman–Crippen MR) is 66.4 cm³/mol. The van der Waals surface area contributed by atoms with Crippen molar-refractivity contribution in [1.29, 1.82) is 0 Å². The van der Waals surface area contributed by atoms with E-state index in [-0.39, 0.29) is 10.6 Å². The summed E-state index contributed by atoms with van der Waals surface area (Å²) in [5.74, 6) is -1.000. The van der Waals surface area contributed by atoms with Crippen LogP contribution in [-0.2, 0) is 21.2 Å². The number of carbonyl (C=O) groups is 1. The molecule has 0 aliphatic carbocycles. The molecular weight excluding hydrogens is 298 g/mol. The topological polar surface area (TPSA) is 109 Å².